The van der Waals surface area contributed by atoms with E-state index in [1.807, 2.05) is 29.2 Å². The van der Waals surface area contributed by atoms with Crippen LogP contribution in [-0.2, 0) is 11.3 Å². The van der Waals surface area contributed by atoms with Gasteiger partial charge in [-0.3, -0.25) is 4.79 Å². The number of piperidine rings is 1. The average Bonchev–Trinajstić information content (AvgIpc) is 2.46. The summed E-state index contributed by atoms with van der Waals surface area (Å²) in [5, 5.41) is 0. The number of methoxy groups -OCH3 is 1. The maximum absolute atomic E-state index is 12.4. The van der Waals surface area contributed by atoms with Gasteiger partial charge < -0.3 is 15.4 Å². The molecule has 0 saturated carbocycles. The van der Waals surface area contributed by atoms with Gasteiger partial charge >= 0.3 is 0 Å². The molecule has 1 aliphatic rings. The first-order valence-corrected chi connectivity index (χ1v) is 6.71. The highest BCUT2D eigenvalue weighted by atomic mass is 16.5. The van der Waals surface area contributed by atoms with E-state index < -0.39 is 0 Å². The number of rotatable bonds is 3. The first-order valence-electron chi connectivity index (χ1n) is 6.71. The molecule has 1 unspecified atom stereocenters. The largest absolute Gasteiger partial charge is 0.377 e. The second kappa shape index (κ2) is 5.72. The van der Waals surface area contributed by atoms with Crippen molar-refractivity contribution in [1.82, 2.24) is 4.90 Å². The van der Waals surface area contributed by atoms with Crippen LogP contribution in [0.5, 0.6) is 0 Å². The number of carbonyl (C=O) groups is 1. The van der Waals surface area contributed by atoms with Gasteiger partial charge in [0.15, 0.2) is 0 Å². The van der Waals surface area contributed by atoms with E-state index in [4.69, 9.17) is 10.5 Å². The van der Waals surface area contributed by atoms with Crippen LogP contribution in [0.25, 0.3) is 0 Å². The van der Waals surface area contributed by atoms with Crippen molar-refractivity contribution in [2.24, 2.45) is 5.73 Å². The van der Waals surface area contributed by atoms with E-state index in [0.717, 1.165) is 30.5 Å². The molecule has 1 amide bonds. The fraction of sp³-hybridized carbons (Fsp3) is 0.533. The lowest BCUT2D eigenvalue weighted by atomic mass is 9.94. The lowest BCUT2D eigenvalue weighted by Crippen LogP contribution is -2.49. The molecule has 0 aliphatic carbocycles. The molecule has 1 atom stereocenters. The van der Waals surface area contributed by atoms with Gasteiger partial charge in [0.2, 0.25) is 0 Å². The molecule has 4 heteroatoms. The Balaban J connectivity index is 2.10. The molecule has 0 radical (unpaired) electrons. The third-order valence-electron chi connectivity index (χ3n) is 3.88. The lowest BCUT2D eigenvalue weighted by molar-refractivity contribution is -0.0440. The monoisotopic (exact) mass is 262 g/mol. The number of ether oxygens (including phenoxy) is 1. The maximum Gasteiger partial charge on any atom is 0.253 e. The zero-order chi connectivity index (χ0) is 13.9. The third kappa shape index (κ3) is 3.14. The van der Waals surface area contributed by atoms with E-state index in [0.29, 0.717) is 13.1 Å². The topological polar surface area (TPSA) is 55.6 Å². The SMILES string of the molecule is COC1(C)CCCN(C(=O)c2ccc(CN)cc2)C1. The van der Waals surface area contributed by atoms with Gasteiger partial charge in [0.25, 0.3) is 5.91 Å². The maximum atomic E-state index is 12.4. The first kappa shape index (κ1) is 14.0. The van der Waals surface area contributed by atoms with E-state index in [1.54, 1.807) is 7.11 Å². The van der Waals surface area contributed by atoms with Crippen molar-refractivity contribution in [1.29, 1.82) is 0 Å². The second-order valence-electron chi connectivity index (χ2n) is 5.39. The summed E-state index contributed by atoms with van der Waals surface area (Å²) < 4.78 is 5.52. The van der Waals surface area contributed by atoms with Crippen molar-refractivity contribution in [3.05, 3.63) is 35.4 Å². The minimum atomic E-state index is -0.217. The molecule has 1 aromatic rings. The Labute approximate surface area is 114 Å². The number of hydrogen-bond donors (Lipinski definition) is 1. The highest BCUT2D eigenvalue weighted by molar-refractivity contribution is 5.94. The van der Waals surface area contributed by atoms with Crippen molar-refractivity contribution in [3.63, 3.8) is 0 Å². The number of nitrogens with zero attached hydrogens (tertiary/aromatic N) is 1. The lowest BCUT2D eigenvalue weighted by Gasteiger charge is -2.39. The van der Waals surface area contributed by atoms with Crippen LogP contribution >= 0.6 is 0 Å². The summed E-state index contributed by atoms with van der Waals surface area (Å²) >= 11 is 0. The zero-order valence-electron chi connectivity index (χ0n) is 11.7. The van der Waals surface area contributed by atoms with Crippen LogP contribution in [0.4, 0.5) is 0 Å². The molecule has 2 rings (SSSR count). The summed E-state index contributed by atoms with van der Waals surface area (Å²) in [5.41, 5.74) is 7.10. The van der Waals surface area contributed by atoms with Gasteiger partial charge in [-0.15, -0.1) is 0 Å². The van der Waals surface area contributed by atoms with Crippen molar-refractivity contribution in [2.45, 2.75) is 31.9 Å². The predicted molar refractivity (Wildman–Crippen MR) is 74.9 cm³/mol. The molecule has 2 N–H and O–H groups in total. The van der Waals surface area contributed by atoms with Crippen LogP contribution in [0.3, 0.4) is 0 Å². The van der Waals surface area contributed by atoms with E-state index >= 15 is 0 Å². The van der Waals surface area contributed by atoms with Crippen molar-refractivity contribution < 1.29 is 9.53 Å². The number of carbonyl (C=O) groups excluding carboxylic acids is 1. The minimum Gasteiger partial charge on any atom is -0.377 e. The number of likely N-dealkylation sites (tertiary alicyclic amines) is 1. The fourth-order valence-electron chi connectivity index (χ4n) is 2.51. The van der Waals surface area contributed by atoms with Crippen LogP contribution in [0, 0.1) is 0 Å². The predicted octanol–water partition coefficient (Wildman–Crippen LogP) is 1.79. The Morgan fingerprint density at radius 2 is 2.11 bits per heavy atom. The van der Waals surface area contributed by atoms with E-state index in [-0.39, 0.29) is 11.5 Å². The van der Waals surface area contributed by atoms with Crippen LogP contribution in [0.15, 0.2) is 24.3 Å². The quantitative estimate of drug-likeness (QED) is 0.903. The molecule has 4 nitrogen and oxygen atoms in total. The van der Waals surface area contributed by atoms with Crippen molar-refractivity contribution in [3.8, 4) is 0 Å². The Hall–Kier alpha value is -1.39. The molecule has 1 heterocycles. The van der Waals surface area contributed by atoms with Gasteiger partial charge in [0, 0.05) is 32.3 Å². The number of hydrogen-bond acceptors (Lipinski definition) is 3. The molecule has 0 bridgehead atoms. The van der Waals surface area contributed by atoms with Gasteiger partial charge in [-0.05, 0) is 37.5 Å². The van der Waals surface area contributed by atoms with Gasteiger partial charge in [0.1, 0.15) is 0 Å². The summed E-state index contributed by atoms with van der Waals surface area (Å²) in [6.45, 7) is 4.02. The molecule has 1 fully saturated rings. The summed E-state index contributed by atoms with van der Waals surface area (Å²) in [6.07, 6.45) is 1.98. The van der Waals surface area contributed by atoms with Gasteiger partial charge in [-0.25, -0.2) is 0 Å². The van der Waals surface area contributed by atoms with Crippen molar-refractivity contribution >= 4 is 5.91 Å². The number of nitrogens with two attached hydrogens (primary N) is 1. The standard InChI is InChI=1S/C15H22N2O2/c1-15(19-2)8-3-9-17(11-15)14(18)13-6-4-12(10-16)5-7-13/h4-7H,3,8-11,16H2,1-2H3. The first-order chi connectivity index (χ1) is 9.08. The normalized spacial score (nSPS) is 23.4. The molecule has 1 aliphatic heterocycles. The van der Waals surface area contributed by atoms with Crippen LogP contribution in [0.1, 0.15) is 35.7 Å². The minimum absolute atomic E-state index is 0.0755. The Morgan fingerprint density at radius 1 is 1.42 bits per heavy atom. The third-order valence-corrected chi connectivity index (χ3v) is 3.88. The highest BCUT2D eigenvalue weighted by Crippen LogP contribution is 2.25. The molecular formula is C15H22N2O2. The smallest absolute Gasteiger partial charge is 0.253 e. The van der Waals surface area contributed by atoms with Crippen molar-refractivity contribution in [2.75, 3.05) is 20.2 Å². The van der Waals surface area contributed by atoms with Crippen LogP contribution < -0.4 is 5.73 Å². The van der Waals surface area contributed by atoms with E-state index in [9.17, 15) is 4.79 Å². The van der Waals surface area contributed by atoms with Gasteiger partial charge in [0.05, 0.1) is 5.60 Å². The van der Waals surface area contributed by atoms with Gasteiger partial charge in [-0.2, -0.15) is 0 Å². The zero-order valence-corrected chi connectivity index (χ0v) is 11.7. The summed E-state index contributed by atoms with van der Waals surface area (Å²) in [5.74, 6) is 0.0755. The summed E-state index contributed by atoms with van der Waals surface area (Å²) in [7, 11) is 1.71. The van der Waals surface area contributed by atoms with E-state index in [1.165, 1.54) is 0 Å². The Kier molecular flexibility index (Phi) is 4.22. The molecule has 0 aromatic heterocycles. The highest BCUT2D eigenvalue weighted by Gasteiger charge is 2.33. The van der Waals surface area contributed by atoms with Crippen LogP contribution in [0.2, 0.25) is 0 Å². The molecule has 104 valence electrons. The molecule has 0 spiro atoms. The molecule has 19 heavy (non-hydrogen) atoms. The molecule has 1 saturated heterocycles. The van der Waals surface area contributed by atoms with Gasteiger partial charge in [-0.1, -0.05) is 12.1 Å². The number of benzene rings is 1. The molecule has 1 aromatic carbocycles. The number of amides is 1. The second-order valence-corrected chi connectivity index (χ2v) is 5.39. The fourth-order valence-corrected chi connectivity index (χ4v) is 2.51. The average molecular weight is 262 g/mol. The van der Waals surface area contributed by atoms with E-state index in [2.05, 4.69) is 6.92 Å². The van der Waals surface area contributed by atoms with Crippen LogP contribution in [-0.4, -0.2) is 36.6 Å². The Bertz CT molecular complexity index is 444. The Morgan fingerprint density at radius 3 is 2.68 bits per heavy atom. The molecular weight excluding hydrogens is 240 g/mol. The summed E-state index contributed by atoms with van der Waals surface area (Å²) in [4.78, 5) is 14.3. The summed E-state index contributed by atoms with van der Waals surface area (Å²) in [6, 6.07) is 7.52.